The normalized spacial score (nSPS) is 28.4. The van der Waals surface area contributed by atoms with Crippen LogP contribution in [0.4, 0.5) is 0 Å². The summed E-state index contributed by atoms with van der Waals surface area (Å²) in [6, 6.07) is 36.8. The monoisotopic (exact) mass is 1650 g/mol. The second kappa shape index (κ2) is 35.9. The largest absolute Gasteiger partial charge is 0.524 e. The van der Waals surface area contributed by atoms with E-state index in [9.17, 15) is 23.7 Å². The molecule has 6 N–H and O–H groups in total. The molecule has 6 aromatic rings. The van der Waals surface area contributed by atoms with Crippen molar-refractivity contribution in [2.75, 3.05) is 54.6 Å². The molecular formula is C102H141N4O12P. The summed E-state index contributed by atoms with van der Waals surface area (Å²) in [5.41, 5.74) is 17.5. The first-order valence-corrected chi connectivity index (χ1v) is 46.4. The highest BCUT2D eigenvalue weighted by Gasteiger charge is 2.59. The van der Waals surface area contributed by atoms with Crippen LogP contribution in [0.1, 0.15) is 315 Å². The van der Waals surface area contributed by atoms with Gasteiger partial charge in [0.1, 0.15) is 0 Å². The number of aryl methyl sites for hydroxylation is 4. The van der Waals surface area contributed by atoms with Crippen molar-refractivity contribution < 1.29 is 57.0 Å². The molecule has 8 aliphatic carbocycles. The highest BCUT2D eigenvalue weighted by molar-refractivity contribution is 7.46. The molecule has 14 rings (SSSR count). The topological polar surface area (TPSA) is 220 Å². The van der Waals surface area contributed by atoms with Crippen molar-refractivity contribution in [2.45, 2.75) is 285 Å². The first-order valence-electron chi connectivity index (χ1n) is 44.9. The van der Waals surface area contributed by atoms with Crippen molar-refractivity contribution in [1.29, 1.82) is 0 Å². The van der Waals surface area contributed by atoms with Crippen molar-refractivity contribution in [2.24, 2.45) is 45.3 Å². The molecule has 646 valence electrons. The summed E-state index contributed by atoms with van der Waals surface area (Å²) in [4.78, 5) is 73.9. The number of phosphoric ester groups is 1. The predicted octanol–water partition coefficient (Wildman–Crippen LogP) is 21.1. The molecule has 0 aliphatic heterocycles. The molecule has 17 heteroatoms. The van der Waals surface area contributed by atoms with Crippen molar-refractivity contribution >= 4 is 43.6 Å². The molecule has 8 aliphatic rings. The number of hydrogen-bond donors (Lipinski definition) is 6. The summed E-state index contributed by atoms with van der Waals surface area (Å²) in [6.45, 7) is 38.6. The lowest BCUT2D eigenvalue weighted by molar-refractivity contribution is -0.140. The van der Waals surface area contributed by atoms with E-state index in [4.69, 9.17) is 28.7 Å². The standard InChI is InChI=1S/2C42H60N2O2.C18H21O8P/c2*1-27(2)29-11-15-33-31(25-29)13-17-35-39(33,5)19-9-21-41(35,7)37(45)43-23-24-44-38(46)42(8)22-10-20-40(6)34-16-12-30(28(3)4)26-32(34)14-18-36(40)42;1-22-14-8-7-12(9-15(14)26-27(19,20)21)5-6-13-10-16(23-2)18(25-4)17(11-13)24-3/h2*11-12,15-16,25-28,35-36H,9-10,13-14,17-24H2,1-8H3,(H,43,45)(H,44,46);5-11H,1-4H3,(H2,19,20,21)/b;;6-5-/t2*35?,36?,39-,40-,41-,42-;/m11./s1. The Labute approximate surface area is 712 Å². The van der Waals surface area contributed by atoms with Crippen LogP contribution >= 0.6 is 7.82 Å². The van der Waals surface area contributed by atoms with Crippen molar-refractivity contribution in [1.82, 2.24) is 21.3 Å². The van der Waals surface area contributed by atoms with E-state index in [1.165, 1.54) is 101 Å². The van der Waals surface area contributed by atoms with Crippen LogP contribution in [0.5, 0.6) is 28.7 Å². The van der Waals surface area contributed by atoms with Gasteiger partial charge in [0.2, 0.25) is 29.4 Å². The van der Waals surface area contributed by atoms with Crippen LogP contribution in [-0.2, 0) is 71.1 Å². The summed E-state index contributed by atoms with van der Waals surface area (Å²) in [6.07, 6.45) is 24.6. The quantitative estimate of drug-likeness (QED) is 0.0212. The smallest absolute Gasteiger partial charge is 0.493 e. The Bertz CT molecular complexity index is 4320. The fraction of sp³-hybridized carbons (Fsp3) is 0.588. The van der Waals surface area contributed by atoms with Crippen molar-refractivity contribution in [3.8, 4) is 28.7 Å². The van der Waals surface area contributed by atoms with E-state index in [1.807, 2.05) is 0 Å². The maximum atomic E-state index is 14.0. The number of hydrogen-bond acceptors (Lipinski definition) is 10. The van der Waals surface area contributed by atoms with Gasteiger partial charge in [-0.3, -0.25) is 29.0 Å². The van der Waals surface area contributed by atoms with E-state index in [-0.39, 0.29) is 56.8 Å². The molecule has 0 heterocycles. The van der Waals surface area contributed by atoms with E-state index in [1.54, 1.807) is 36.4 Å². The first kappa shape index (κ1) is 90.3. The second-order valence-electron chi connectivity index (χ2n) is 39.7. The molecule has 0 saturated heterocycles. The molecule has 4 saturated carbocycles. The average molecular weight is 1650 g/mol. The Morgan fingerprint density at radius 2 is 0.639 bits per heavy atom. The minimum atomic E-state index is -4.71. The van der Waals surface area contributed by atoms with Gasteiger partial charge in [0, 0.05) is 26.2 Å². The van der Waals surface area contributed by atoms with Crippen molar-refractivity contribution in [3.05, 3.63) is 181 Å². The van der Waals surface area contributed by atoms with Gasteiger partial charge in [-0.2, -0.15) is 0 Å². The minimum Gasteiger partial charge on any atom is -0.493 e. The third kappa shape index (κ3) is 17.8. The summed E-state index contributed by atoms with van der Waals surface area (Å²) in [7, 11) is 1.26. The molecule has 119 heavy (non-hydrogen) atoms. The highest BCUT2D eigenvalue weighted by Crippen LogP contribution is 2.62. The Balaban J connectivity index is 0.000000170. The number of ether oxygens (including phenoxy) is 4. The zero-order valence-corrected chi connectivity index (χ0v) is 76.4. The van der Waals surface area contributed by atoms with Gasteiger partial charge in [-0.1, -0.05) is 227 Å². The van der Waals surface area contributed by atoms with Crippen LogP contribution < -0.4 is 44.7 Å². The summed E-state index contributed by atoms with van der Waals surface area (Å²) in [5.74, 6) is 5.75. The number of amides is 4. The minimum absolute atomic E-state index is 0.0266. The zero-order chi connectivity index (χ0) is 86.2. The van der Waals surface area contributed by atoms with E-state index in [2.05, 4.69) is 209 Å². The van der Waals surface area contributed by atoms with E-state index >= 15 is 0 Å². The number of methoxy groups -OCH3 is 4. The Morgan fingerprint density at radius 3 is 0.891 bits per heavy atom. The fourth-order valence-corrected chi connectivity index (χ4v) is 24.9. The number of carbonyl (C=O) groups excluding carboxylic acids is 4. The van der Waals surface area contributed by atoms with Gasteiger partial charge in [0.15, 0.2) is 23.0 Å². The third-order valence-electron chi connectivity index (χ3n) is 31.2. The van der Waals surface area contributed by atoms with Gasteiger partial charge >= 0.3 is 7.82 Å². The molecule has 6 aromatic carbocycles. The second-order valence-corrected chi connectivity index (χ2v) is 40.9. The lowest BCUT2D eigenvalue weighted by Gasteiger charge is -2.54. The van der Waals surface area contributed by atoms with Gasteiger partial charge in [-0.05, 0) is 274 Å². The molecule has 4 unspecified atom stereocenters. The molecule has 12 atom stereocenters. The maximum absolute atomic E-state index is 14.0. The van der Waals surface area contributed by atoms with E-state index < -0.39 is 29.5 Å². The number of nitrogens with one attached hydrogen (secondary N) is 4. The Morgan fingerprint density at radius 1 is 0.370 bits per heavy atom. The summed E-state index contributed by atoms with van der Waals surface area (Å²) < 4.78 is 36.8. The van der Waals surface area contributed by atoms with Crippen LogP contribution in [0, 0.1) is 45.3 Å². The zero-order valence-electron chi connectivity index (χ0n) is 75.5. The Hall–Kier alpha value is -7.91. The first-order chi connectivity index (χ1) is 56.3. The van der Waals surface area contributed by atoms with Gasteiger partial charge < -0.3 is 44.7 Å². The van der Waals surface area contributed by atoms with E-state index in [0.717, 1.165) is 134 Å². The molecule has 0 radical (unpaired) electrons. The average Bonchev–Trinajstić information content (AvgIpc) is 0.738. The molecule has 4 fully saturated rings. The molecule has 0 bridgehead atoms. The SMILES string of the molecule is CC(C)c1ccc2c(c1)CCC1[C@](C)(C(=O)NCCNC(=O)[C@]3(C)CCC[C@]4(C)c5ccc(C(C)C)cc5CCC34)CCC[C@]21C.CC(C)c1ccc2c(c1)CCC1[C@](C)(C(=O)NCCNC(=O)[C@]3(C)CCC[C@]4(C)c5ccc(C(C)C)cc5CCC34)CCC[C@]21C.COc1ccc(/C=C\c2cc(OC)c(OC)c(OC)c2)cc1OP(=O)(O)O. The highest BCUT2D eigenvalue weighted by atomic mass is 31.2. The number of phosphoric acid groups is 1. The van der Waals surface area contributed by atoms with Crippen LogP contribution in [0.2, 0.25) is 0 Å². The van der Waals surface area contributed by atoms with E-state index in [0.29, 0.717) is 96.3 Å². The lowest BCUT2D eigenvalue weighted by atomic mass is 9.49. The molecule has 16 nitrogen and oxygen atoms in total. The molecule has 0 spiro atoms. The third-order valence-corrected chi connectivity index (χ3v) is 31.6. The number of carbonyl (C=O) groups is 4. The van der Waals surface area contributed by atoms with Gasteiger partial charge in [0.25, 0.3) is 0 Å². The van der Waals surface area contributed by atoms with Gasteiger partial charge in [-0.25, -0.2) is 4.57 Å². The van der Waals surface area contributed by atoms with Crippen molar-refractivity contribution in [3.63, 3.8) is 0 Å². The number of benzene rings is 6. The molecule has 4 amide bonds. The number of rotatable bonds is 22. The van der Waals surface area contributed by atoms with Gasteiger partial charge in [0.05, 0.1) is 50.1 Å². The van der Waals surface area contributed by atoms with Gasteiger partial charge in [-0.15, -0.1) is 0 Å². The summed E-state index contributed by atoms with van der Waals surface area (Å²) >= 11 is 0. The lowest BCUT2D eigenvalue weighted by Crippen LogP contribution is -2.57. The molecular weight excluding hydrogens is 1500 g/mol. The van der Waals surface area contributed by atoms with Crippen LogP contribution in [0.15, 0.2) is 103 Å². The van der Waals surface area contributed by atoms with Crippen LogP contribution in [0.3, 0.4) is 0 Å². The summed E-state index contributed by atoms with van der Waals surface area (Å²) in [5, 5.41) is 13.2. The maximum Gasteiger partial charge on any atom is 0.524 e. The van der Waals surface area contributed by atoms with Crippen LogP contribution in [-0.4, -0.2) is 88.0 Å². The fourth-order valence-electron chi connectivity index (χ4n) is 24.5. The van der Waals surface area contributed by atoms with Crippen LogP contribution in [0.25, 0.3) is 12.2 Å². The predicted molar refractivity (Wildman–Crippen MR) is 479 cm³/mol. The molecule has 0 aromatic heterocycles. The number of fused-ring (bicyclic) bond motifs is 12. The Kier molecular flexibility index (Phi) is 27.2.